The van der Waals surface area contributed by atoms with Crippen LogP contribution in [0.25, 0.3) is 6.08 Å². The summed E-state index contributed by atoms with van der Waals surface area (Å²) in [7, 11) is 0. The summed E-state index contributed by atoms with van der Waals surface area (Å²) in [5, 5.41) is 13.4. The van der Waals surface area contributed by atoms with Crippen LogP contribution in [-0.4, -0.2) is 39.7 Å². The molecule has 0 spiro atoms. The van der Waals surface area contributed by atoms with Crippen LogP contribution in [0.1, 0.15) is 37.1 Å². The SMILES string of the molecule is C/C=C/c1ccc2n(c1=O)C[C@@H]1[C@@H](CO)[C@H](C(=O)Nc3ccccc3)N(CC3CC3)[C@H]21. The second-order valence-electron chi connectivity index (χ2n) is 9.02. The van der Waals surface area contributed by atoms with Crippen molar-refractivity contribution in [3.63, 3.8) is 0 Å². The molecule has 162 valence electrons. The van der Waals surface area contributed by atoms with Gasteiger partial charge in [0.2, 0.25) is 5.91 Å². The lowest BCUT2D eigenvalue weighted by Gasteiger charge is -2.30. The minimum atomic E-state index is -0.403. The fourth-order valence-corrected chi connectivity index (χ4v) is 5.47. The first-order valence-corrected chi connectivity index (χ1v) is 11.2. The Balaban J connectivity index is 1.52. The number of nitrogens with one attached hydrogen (secondary N) is 1. The molecule has 31 heavy (non-hydrogen) atoms. The minimum Gasteiger partial charge on any atom is -0.396 e. The number of hydrogen-bond acceptors (Lipinski definition) is 4. The summed E-state index contributed by atoms with van der Waals surface area (Å²) >= 11 is 0. The predicted molar refractivity (Wildman–Crippen MR) is 121 cm³/mol. The number of nitrogens with zero attached hydrogens (tertiary/aromatic N) is 2. The molecular formula is C25H29N3O3. The fraction of sp³-hybridized carbons (Fsp3) is 0.440. The maximum Gasteiger partial charge on any atom is 0.258 e. The van der Waals surface area contributed by atoms with Gasteiger partial charge < -0.3 is 15.0 Å². The van der Waals surface area contributed by atoms with Crippen molar-refractivity contribution in [3.8, 4) is 0 Å². The first-order valence-electron chi connectivity index (χ1n) is 11.2. The number of aliphatic hydroxyl groups excluding tert-OH is 1. The number of likely N-dealkylation sites (tertiary alicyclic amines) is 1. The molecule has 1 aliphatic carbocycles. The van der Waals surface area contributed by atoms with Crippen molar-refractivity contribution in [2.45, 2.75) is 38.4 Å². The van der Waals surface area contributed by atoms with Crippen LogP contribution in [0.15, 0.2) is 53.3 Å². The first kappa shape index (κ1) is 20.2. The highest BCUT2D eigenvalue weighted by Crippen LogP contribution is 2.50. The molecule has 3 aliphatic rings. The quantitative estimate of drug-likeness (QED) is 0.755. The van der Waals surface area contributed by atoms with Crippen molar-refractivity contribution in [2.24, 2.45) is 17.8 Å². The third kappa shape index (κ3) is 3.54. The molecule has 5 rings (SSSR count). The number of aliphatic hydroxyl groups is 1. The molecule has 0 unspecified atom stereocenters. The topological polar surface area (TPSA) is 74.6 Å². The number of hydrogen-bond donors (Lipinski definition) is 2. The van der Waals surface area contributed by atoms with Crippen LogP contribution in [0.5, 0.6) is 0 Å². The van der Waals surface area contributed by atoms with Gasteiger partial charge >= 0.3 is 0 Å². The zero-order chi connectivity index (χ0) is 21.5. The van der Waals surface area contributed by atoms with E-state index in [1.54, 1.807) is 0 Å². The molecule has 6 nitrogen and oxygen atoms in total. The number of allylic oxidation sites excluding steroid dienone is 1. The number of carbonyl (C=O) groups is 1. The zero-order valence-corrected chi connectivity index (χ0v) is 17.8. The monoisotopic (exact) mass is 419 g/mol. The smallest absolute Gasteiger partial charge is 0.258 e. The molecule has 2 fully saturated rings. The molecular weight excluding hydrogens is 390 g/mol. The molecule has 6 heteroatoms. The minimum absolute atomic E-state index is 0.0124. The highest BCUT2D eigenvalue weighted by molar-refractivity contribution is 5.95. The van der Waals surface area contributed by atoms with Gasteiger partial charge in [-0.05, 0) is 49.9 Å². The van der Waals surface area contributed by atoms with Crippen LogP contribution in [0.3, 0.4) is 0 Å². The average molecular weight is 420 g/mol. The average Bonchev–Trinajstić information content (AvgIpc) is 3.43. The van der Waals surface area contributed by atoms with Gasteiger partial charge in [-0.25, -0.2) is 0 Å². The Morgan fingerprint density at radius 3 is 2.65 bits per heavy atom. The van der Waals surface area contributed by atoms with Crippen molar-refractivity contribution in [3.05, 3.63) is 70.2 Å². The largest absolute Gasteiger partial charge is 0.396 e. The number of benzene rings is 1. The van der Waals surface area contributed by atoms with Gasteiger partial charge in [-0.3, -0.25) is 14.5 Å². The van der Waals surface area contributed by atoms with Gasteiger partial charge in [0.15, 0.2) is 0 Å². The van der Waals surface area contributed by atoms with E-state index in [0.29, 0.717) is 18.0 Å². The molecule has 1 amide bonds. The van der Waals surface area contributed by atoms with Crippen LogP contribution in [-0.2, 0) is 11.3 Å². The Bertz CT molecular complexity index is 1060. The number of pyridine rings is 1. The maximum atomic E-state index is 13.4. The number of carbonyl (C=O) groups excluding carboxylic acids is 1. The lowest BCUT2D eigenvalue weighted by Crippen LogP contribution is -2.46. The van der Waals surface area contributed by atoms with Crippen LogP contribution in [0, 0.1) is 17.8 Å². The van der Waals surface area contributed by atoms with Crippen LogP contribution in [0.4, 0.5) is 5.69 Å². The number of amides is 1. The predicted octanol–water partition coefficient (Wildman–Crippen LogP) is 2.89. The third-order valence-corrected chi connectivity index (χ3v) is 7.04. The van der Waals surface area contributed by atoms with Crippen LogP contribution < -0.4 is 10.9 Å². The maximum absolute atomic E-state index is 13.4. The highest BCUT2D eigenvalue weighted by atomic mass is 16.3. The zero-order valence-electron chi connectivity index (χ0n) is 17.8. The van der Waals surface area contributed by atoms with Gasteiger partial charge in [0.05, 0.1) is 12.1 Å². The fourth-order valence-electron chi connectivity index (χ4n) is 5.47. The van der Waals surface area contributed by atoms with Crippen molar-refractivity contribution >= 4 is 17.7 Å². The first-order chi connectivity index (χ1) is 15.1. The number of aromatic nitrogens is 1. The molecule has 3 heterocycles. The summed E-state index contributed by atoms with van der Waals surface area (Å²) in [6.07, 6.45) is 6.07. The summed E-state index contributed by atoms with van der Waals surface area (Å²) in [6, 6.07) is 13.0. The van der Waals surface area contributed by atoms with Gasteiger partial charge in [0.25, 0.3) is 5.56 Å². The highest BCUT2D eigenvalue weighted by Gasteiger charge is 2.56. The van der Waals surface area contributed by atoms with E-state index in [0.717, 1.165) is 17.9 Å². The van der Waals surface area contributed by atoms with E-state index in [4.69, 9.17) is 0 Å². The van der Waals surface area contributed by atoms with E-state index in [2.05, 4.69) is 10.2 Å². The third-order valence-electron chi connectivity index (χ3n) is 7.04. The van der Waals surface area contributed by atoms with E-state index < -0.39 is 6.04 Å². The lowest BCUT2D eigenvalue weighted by molar-refractivity contribution is -0.122. The Morgan fingerprint density at radius 2 is 1.97 bits per heavy atom. The van der Waals surface area contributed by atoms with E-state index >= 15 is 0 Å². The molecule has 1 aromatic heterocycles. The number of rotatable bonds is 6. The number of anilines is 1. The van der Waals surface area contributed by atoms with Crippen molar-refractivity contribution in [1.29, 1.82) is 0 Å². The summed E-state index contributed by atoms with van der Waals surface area (Å²) in [5.74, 6) is 0.355. The van der Waals surface area contributed by atoms with Gasteiger partial charge in [0, 0.05) is 48.5 Å². The molecule has 1 saturated heterocycles. The molecule has 0 bridgehead atoms. The van der Waals surface area contributed by atoms with Gasteiger partial charge in [-0.1, -0.05) is 30.4 Å². The van der Waals surface area contributed by atoms with Crippen LogP contribution >= 0.6 is 0 Å². The van der Waals surface area contributed by atoms with Gasteiger partial charge in [-0.15, -0.1) is 0 Å². The summed E-state index contributed by atoms with van der Waals surface area (Å²) in [4.78, 5) is 28.7. The molecule has 0 radical (unpaired) electrons. The molecule has 1 aromatic carbocycles. The van der Waals surface area contributed by atoms with Crippen LogP contribution in [0.2, 0.25) is 0 Å². The van der Waals surface area contributed by atoms with Gasteiger partial charge in [0.1, 0.15) is 0 Å². The standard InChI is InChI=1S/C25H29N3O3/c1-2-6-17-11-12-21-22-19(14-27(21)25(17)31)20(15-29)23(28(22)13-16-9-10-16)24(30)26-18-7-4-3-5-8-18/h2-8,11-12,16,19-20,22-23,29H,9-10,13-15H2,1H3,(H,26,30)/b6-2+/t19-,20-,22+,23-/m1/s1. The van der Waals surface area contributed by atoms with E-state index in [9.17, 15) is 14.7 Å². The summed E-state index contributed by atoms with van der Waals surface area (Å²) in [5.41, 5.74) is 2.43. The molecule has 1 saturated carbocycles. The van der Waals surface area contributed by atoms with E-state index in [-0.39, 0.29) is 36.0 Å². The Morgan fingerprint density at radius 1 is 1.19 bits per heavy atom. The summed E-state index contributed by atoms with van der Waals surface area (Å²) < 4.78 is 1.86. The summed E-state index contributed by atoms with van der Waals surface area (Å²) in [6.45, 7) is 3.21. The number of para-hydroxylation sites is 1. The Labute approximate surface area is 182 Å². The molecule has 2 aliphatic heterocycles. The number of fused-ring (bicyclic) bond motifs is 3. The molecule has 2 aromatic rings. The van der Waals surface area contributed by atoms with Crippen molar-refractivity contribution in [2.75, 3.05) is 18.5 Å². The Hall–Kier alpha value is -2.70. The van der Waals surface area contributed by atoms with Crippen molar-refractivity contribution < 1.29 is 9.90 Å². The molecule has 2 N–H and O–H groups in total. The second-order valence-corrected chi connectivity index (χ2v) is 9.02. The molecule has 4 atom stereocenters. The normalized spacial score (nSPS) is 27.4. The Kier molecular flexibility index (Phi) is 5.28. The van der Waals surface area contributed by atoms with E-state index in [1.165, 1.54) is 12.8 Å². The van der Waals surface area contributed by atoms with Crippen molar-refractivity contribution in [1.82, 2.24) is 9.47 Å². The van der Waals surface area contributed by atoms with Gasteiger partial charge in [-0.2, -0.15) is 0 Å². The second kappa shape index (κ2) is 8.09. The van der Waals surface area contributed by atoms with E-state index in [1.807, 2.05) is 66.1 Å². The lowest BCUT2D eigenvalue weighted by atomic mass is 9.88.